The van der Waals surface area contributed by atoms with E-state index in [1.807, 2.05) is 20.8 Å². The Hall–Kier alpha value is -1.30. The molecule has 0 bridgehead atoms. The third kappa shape index (κ3) is 3.89. The molecule has 1 atom stereocenters. The van der Waals surface area contributed by atoms with Gasteiger partial charge in [-0.05, 0) is 20.8 Å². The molecule has 1 aliphatic heterocycles. The van der Waals surface area contributed by atoms with Crippen LogP contribution in [0.3, 0.4) is 0 Å². The van der Waals surface area contributed by atoms with E-state index in [-0.39, 0.29) is 5.91 Å². The molecule has 0 spiro atoms. The molecule has 98 valence electrons. The second kappa shape index (κ2) is 5.35. The van der Waals surface area contributed by atoms with Gasteiger partial charge in [0.05, 0.1) is 0 Å². The SMILES string of the molecule is CNC(=O)[C@H]1CNCCN1C(=O)OC(C)(C)C. The minimum Gasteiger partial charge on any atom is -0.444 e. The van der Waals surface area contributed by atoms with E-state index in [4.69, 9.17) is 4.74 Å². The molecule has 0 aliphatic carbocycles. The van der Waals surface area contributed by atoms with Crippen molar-refractivity contribution in [1.82, 2.24) is 15.5 Å². The van der Waals surface area contributed by atoms with Crippen LogP contribution in [0.2, 0.25) is 0 Å². The maximum Gasteiger partial charge on any atom is 0.411 e. The first-order valence-electron chi connectivity index (χ1n) is 5.77. The average molecular weight is 243 g/mol. The maximum atomic E-state index is 11.9. The second-order valence-corrected chi connectivity index (χ2v) is 5.01. The molecular weight excluding hydrogens is 222 g/mol. The summed E-state index contributed by atoms with van der Waals surface area (Å²) in [6.07, 6.45) is -0.437. The van der Waals surface area contributed by atoms with E-state index < -0.39 is 17.7 Å². The van der Waals surface area contributed by atoms with E-state index >= 15 is 0 Å². The van der Waals surface area contributed by atoms with Crippen LogP contribution in [0.4, 0.5) is 4.79 Å². The van der Waals surface area contributed by atoms with E-state index in [9.17, 15) is 9.59 Å². The molecule has 1 rings (SSSR count). The van der Waals surface area contributed by atoms with Crippen LogP contribution >= 0.6 is 0 Å². The molecule has 17 heavy (non-hydrogen) atoms. The smallest absolute Gasteiger partial charge is 0.411 e. The van der Waals surface area contributed by atoms with E-state index in [0.29, 0.717) is 19.6 Å². The number of nitrogens with one attached hydrogen (secondary N) is 2. The average Bonchev–Trinajstić information content (AvgIpc) is 2.25. The van der Waals surface area contributed by atoms with Crippen molar-refractivity contribution < 1.29 is 14.3 Å². The fourth-order valence-corrected chi connectivity index (χ4v) is 1.64. The van der Waals surface area contributed by atoms with Crippen LogP contribution in [0.5, 0.6) is 0 Å². The summed E-state index contributed by atoms with van der Waals surface area (Å²) in [5.74, 6) is -0.178. The number of ether oxygens (including phenoxy) is 1. The fourth-order valence-electron chi connectivity index (χ4n) is 1.64. The summed E-state index contributed by atoms with van der Waals surface area (Å²) in [6, 6.07) is -0.497. The van der Waals surface area contributed by atoms with Crippen molar-refractivity contribution in [2.45, 2.75) is 32.4 Å². The Morgan fingerprint density at radius 1 is 1.41 bits per heavy atom. The lowest BCUT2D eigenvalue weighted by Crippen LogP contribution is -2.59. The Labute approximate surface area is 102 Å². The minimum atomic E-state index is -0.546. The number of nitrogens with zero attached hydrogens (tertiary/aromatic N) is 1. The minimum absolute atomic E-state index is 0.178. The fraction of sp³-hybridized carbons (Fsp3) is 0.818. The second-order valence-electron chi connectivity index (χ2n) is 5.01. The summed E-state index contributed by atoms with van der Waals surface area (Å²) in [5.41, 5.74) is -0.546. The highest BCUT2D eigenvalue weighted by Crippen LogP contribution is 2.13. The summed E-state index contributed by atoms with van der Waals surface area (Å²) >= 11 is 0. The summed E-state index contributed by atoms with van der Waals surface area (Å²) in [4.78, 5) is 25.1. The van der Waals surface area contributed by atoms with Crippen molar-refractivity contribution in [3.05, 3.63) is 0 Å². The van der Waals surface area contributed by atoms with Crippen LogP contribution in [-0.2, 0) is 9.53 Å². The molecule has 1 heterocycles. The maximum absolute atomic E-state index is 11.9. The normalized spacial score (nSPS) is 20.9. The Kier molecular flexibility index (Phi) is 4.34. The van der Waals surface area contributed by atoms with Gasteiger partial charge in [0.25, 0.3) is 0 Å². The van der Waals surface area contributed by atoms with Gasteiger partial charge in [-0.15, -0.1) is 0 Å². The van der Waals surface area contributed by atoms with Crippen LogP contribution in [0.1, 0.15) is 20.8 Å². The van der Waals surface area contributed by atoms with Crippen LogP contribution in [0.15, 0.2) is 0 Å². The Balaban J connectivity index is 2.71. The van der Waals surface area contributed by atoms with Crippen LogP contribution < -0.4 is 10.6 Å². The monoisotopic (exact) mass is 243 g/mol. The lowest BCUT2D eigenvalue weighted by atomic mass is 10.2. The Bertz CT molecular complexity index is 299. The van der Waals surface area contributed by atoms with E-state index in [2.05, 4.69) is 10.6 Å². The summed E-state index contributed by atoms with van der Waals surface area (Å²) in [6.45, 7) is 7.03. The molecule has 6 nitrogen and oxygen atoms in total. The molecule has 1 fully saturated rings. The standard InChI is InChI=1S/C11H21N3O3/c1-11(2,3)17-10(16)14-6-5-13-7-8(14)9(15)12-4/h8,13H,5-7H2,1-4H3,(H,12,15)/t8-/m1/s1. The van der Waals surface area contributed by atoms with Gasteiger partial charge in [0.1, 0.15) is 11.6 Å². The first-order chi connectivity index (χ1) is 7.85. The topological polar surface area (TPSA) is 70.7 Å². The summed E-state index contributed by atoms with van der Waals surface area (Å²) in [7, 11) is 1.56. The highest BCUT2D eigenvalue weighted by Gasteiger charge is 2.34. The molecule has 0 saturated carbocycles. The molecule has 0 aromatic rings. The first-order valence-corrected chi connectivity index (χ1v) is 5.77. The van der Waals surface area contributed by atoms with Crippen molar-refractivity contribution >= 4 is 12.0 Å². The van der Waals surface area contributed by atoms with Crippen LogP contribution in [-0.4, -0.2) is 55.2 Å². The van der Waals surface area contributed by atoms with E-state index in [0.717, 1.165) is 0 Å². The van der Waals surface area contributed by atoms with E-state index in [1.54, 1.807) is 7.05 Å². The quantitative estimate of drug-likeness (QED) is 0.677. The van der Waals surface area contributed by atoms with Crippen molar-refractivity contribution in [2.24, 2.45) is 0 Å². The highest BCUT2D eigenvalue weighted by atomic mass is 16.6. The summed E-state index contributed by atoms with van der Waals surface area (Å²) in [5, 5.41) is 5.64. The molecule has 0 aromatic carbocycles. The molecule has 1 saturated heterocycles. The number of piperazine rings is 1. The number of carbonyl (C=O) groups is 2. The Morgan fingerprint density at radius 3 is 2.59 bits per heavy atom. The van der Waals surface area contributed by atoms with Gasteiger partial charge in [-0.25, -0.2) is 4.79 Å². The number of likely N-dealkylation sites (N-methyl/N-ethyl adjacent to an activating group) is 1. The van der Waals surface area contributed by atoms with Gasteiger partial charge < -0.3 is 15.4 Å². The van der Waals surface area contributed by atoms with Crippen molar-refractivity contribution in [3.8, 4) is 0 Å². The molecule has 1 aliphatic rings. The van der Waals surface area contributed by atoms with Gasteiger partial charge in [0.15, 0.2) is 0 Å². The number of amides is 2. The highest BCUT2D eigenvalue weighted by molar-refractivity contribution is 5.86. The number of hydrogen-bond donors (Lipinski definition) is 2. The predicted molar refractivity (Wildman–Crippen MR) is 63.7 cm³/mol. The lowest BCUT2D eigenvalue weighted by Gasteiger charge is -2.35. The molecule has 2 amide bonds. The van der Waals surface area contributed by atoms with Gasteiger partial charge in [-0.1, -0.05) is 0 Å². The molecule has 6 heteroatoms. The van der Waals surface area contributed by atoms with Gasteiger partial charge in [-0.2, -0.15) is 0 Å². The summed E-state index contributed by atoms with van der Waals surface area (Å²) < 4.78 is 5.28. The zero-order valence-corrected chi connectivity index (χ0v) is 10.9. The Morgan fingerprint density at radius 2 is 2.06 bits per heavy atom. The number of carbonyl (C=O) groups excluding carboxylic acids is 2. The van der Waals surface area contributed by atoms with Crippen molar-refractivity contribution in [2.75, 3.05) is 26.7 Å². The van der Waals surface area contributed by atoms with E-state index in [1.165, 1.54) is 4.90 Å². The molecule has 0 radical (unpaired) electrons. The predicted octanol–water partition coefficient (Wildman–Crippen LogP) is -0.0587. The van der Waals surface area contributed by atoms with Gasteiger partial charge in [0, 0.05) is 26.7 Å². The lowest BCUT2D eigenvalue weighted by molar-refractivity contribution is -0.126. The molecule has 0 unspecified atom stereocenters. The van der Waals surface area contributed by atoms with Gasteiger partial charge >= 0.3 is 6.09 Å². The molecule has 2 N–H and O–H groups in total. The number of hydrogen-bond acceptors (Lipinski definition) is 4. The van der Waals surface area contributed by atoms with Crippen molar-refractivity contribution in [3.63, 3.8) is 0 Å². The zero-order valence-electron chi connectivity index (χ0n) is 10.9. The van der Waals surface area contributed by atoms with Crippen LogP contribution in [0, 0.1) is 0 Å². The van der Waals surface area contributed by atoms with Crippen molar-refractivity contribution in [1.29, 1.82) is 0 Å². The van der Waals surface area contributed by atoms with Crippen LogP contribution in [0.25, 0.3) is 0 Å². The molecule has 0 aromatic heterocycles. The third-order valence-electron chi connectivity index (χ3n) is 2.42. The van der Waals surface area contributed by atoms with Gasteiger partial charge in [-0.3, -0.25) is 9.69 Å². The number of rotatable bonds is 1. The largest absolute Gasteiger partial charge is 0.444 e. The first kappa shape index (κ1) is 13.8. The molecular formula is C11H21N3O3. The zero-order chi connectivity index (χ0) is 13.1. The third-order valence-corrected chi connectivity index (χ3v) is 2.42. The van der Waals surface area contributed by atoms with Gasteiger partial charge in [0.2, 0.25) is 5.91 Å².